The molecule has 1 fully saturated rings. The van der Waals surface area contributed by atoms with Crippen molar-refractivity contribution in [2.45, 2.75) is 24.3 Å². The quantitative estimate of drug-likeness (QED) is 0.704. The van der Waals surface area contributed by atoms with Crippen molar-refractivity contribution >= 4 is 23.3 Å². The number of anilines is 1. The molecule has 1 aromatic rings. The van der Waals surface area contributed by atoms with Gasteiger partial charge in [0.05, 0.1) is 10.7 Å². The van der Waals surface area contributed by atoms with E-state index in [2.05, 4.69) is 5.32 Å². The van der Waals surface area contributed by atoms with Crippen LogP contribution in [0.15, 0.2) is 18.2 Å². The van der Waals surface area contributed by atoms with Crippen LogP contribution in [0.2, 0.25) is 5.02 Å². The van der Waals surface area contributed by atoms with Crippen molar-refractivity contribution in [3.05, 3.63) is 28.8 Å². The summed E-state index contributed by atoms with van der Waals surface area (Å²) in [5.41, 5.74) is -0.249. The van der Waals surface area contributed by atoms with Crippen LogP contribution in [0, 0.1) is 0 Å². The number of halogens is 1. The molecule has 0 unspecified atom stereocenters. The number of rotatable bonds is 1. The number of nitrogens with zero attached hydrogens (tertiary/aromatic N) is 1. The van der Waals surface area contributed by atoms with E-state index in [1.165, 1.54) is 5.06 Å². The predicted molar refractivity (Wildman–Crippen MR) is 67.8 cm³/mol. The van der Waals surface area contributed by atoms with Gasteiger partial charge >= 0.3 is 5.97 Å². The highest BCUT2D eigenvalue weighted by Crippen LogP contribution is 2.47. The summed E-state index contributed by atoms with van der Waals surface area (Å²) in [5.74, 6) is -1.02. The van der Waals surface area contributed by atoms with Gasteiger partial charge in [-0.1, -0.05) is 23.7 Å². The lowest BCUT2D eigenvalue weighted by molar-refractivity contribution is -0.139. The zero-order chi connectivity index (χ0) is 13.8. The molecule has 7 heteroatoms. The highest BCUT2D eigenvalue weighted by atomic mass is 35.5. The van der Waals surface area contributed by atoms with Crippen molar-refractivity contribution in [2.75, 3.05) is 12.1 Å². The Labute approximate surface area is 114 Å². The second-order valence-corrected chi connectivity index (χ2v) is 5.21. The fourth-order valence-corrected chi connectivity index (χ4v) is 3.01. The molecule has 2 heterocycles. The van der Waals surface area contributed by atoms with Crippen LogP contribution in [0.25, 0.3) is 0 Å². The monoisotopic (exact) mass is 284 g/mol. The van der Waals surface area contributed by atoms with E-state index in [1.54, 1.807) is 25.2 Å². The van der Waals surface area contributed by atoms with Crippen LogP contribution in [0.5, 0.6) is 0 Å². The first-order chi connectivity index (χ1) is 8.93. The van der Waals surface area contributed by atoms with Gasteiger partial charge in [0, 0.05) is 19.0 Å². The van der Waals surface area contributed by atoms with Crippen LogP contribution in [0.4, 0.5) is 5.69 Å². The van der Waals surface area contributed by atoms with Crippen LogP contribution in [-0.4, -0.2) is 35.5 Å². The molecule has 2 aliphatic heterocycles. The molecular weight excluding hydrogens is 272 g/mol. The van der Waals surface area contributed by atoms with Crippen LogP contribution in [0.3, 0.4) is 0 Å². The summed E-state index contributed by atoms with van der Waals surface area (Å²) < 4.78 is 0. The number of carboxylic acids is 1. The van der Waals surface area contributed by atoms with Crippen molar-refractivity contribution in [2.24, 2.45) is 0 Å². The maximum Gasteiger partial charge on any atom is 0.320 e. The van der Waals surface area contributed by atoms with Gasteiger partial charge in [-0.15, -0.1) is 0 Å². The largest absolute Gasteiger partial charge is 0.480 e. The number of hydroxylamine groups is 1. The van der Waals surface area contributed by atoms with E-state index in [9.17, 15) is 9.90 Å². The van der Waals surface area contributed by atoms with Gasteiger partial charge in [-0.25, -0.2) is 0 Å². The molecule has 3 N–H and O–H groups in total. The Morgan fingerprint density at radius 3 is 3.05 bits per heavy atom. The molecule has 6 nitrogen and oxygen atoms in total. The number of hydrogen-bond donors (Lipinski definition) is 3. The minimum absolute atomic E-state index is 0.0359. The summed E-state index contributed by atoms with van der Waals surface area (Å²) in [6, 6.07) is 4.30. The highest BCUT2D eigenvalue weighted by Gasteiger charge is 2.55. The maximum atomic E-state index is 11.1. The molecule has 3 rings (SSSR count). The standard InChI is InChI=1S/C12H13ClN2O4/c1-15-9-6(3-2-4-7(9)13)12(18)5-8(10(16)17)14-11(12)19-15/h2-4,8,11,14,18H,5H2,1H3,(H,16,17)/t8-,11-,12-/m0/s1. The van der Waals surface area contributed by atoms with E-state index in [1.807, 2.05) is 0 Å². The van der Waals surface area contributed by atoms with Gasteiger partial charge in [0.15, 0.2) is 6.23 Å². The number of nitrogens with one attached hydrogen (secondary N) is 1. The van der Waals surface area contributed by atoms with Gasteiger partial charge < -0.3 is 10.2 Å². The zero-order valence-electron chi connectivity index (χ0n) is 10.1. The third kappa shape index (κ3) is 1.72. The number of aliphatic carboxylic acids is 1. The molecule has 0 saturated carbocycles. The summed E-state index contributed by atoms with van der Waals surface area (Å²) >= 11 is 6.12. The van der Waals surface area contributed by atoms with Crippen LogP contribution < -0.4 is 10.4 Å². The number of aliphatic hydroxyl groups is 1. The number of carboxylic acid groups (broad SMARTS) is 1. The number of benzene rings is 1. The summed E-state index contributed by atoms with van der Waals surface area (Å²) in [6.45, 7) is 0. The Morgan fingerprint density at radius 2 is 2.37 bits per heavy atom. The molecule has 0 spiro atoms. The summed E-state index contributed by atoms with van der Waals surface area (Å²) in [7, 11) is 1.67. The van der Waals surface area contributed by atoms with Crippen LogP contribution in [-0.2, 0) is 15.2 Å². The molecule has 1 aromatic carbocycles. The van der Waals surface area contributed by atoms with Crippen LogP contribution in [0.1, 0.15) is 12.0 Å². The average molecular weight is 285 g/mol. The van der Waals surface area contributed by atoms with E-state index in [4.69, 9.17) is 21.5 Å². The van der Waals surface area contributed by atoms with Gasteiger partial charge in [-0.2, -0.15) is 0 Å². The van der Waals surface area contributed by atoms with Gasteiger partial charge in [0.1, 0.15) is 11.6 Å². The summed E-state index contributed by atoms with van der Waals surface area (Å²) in [6.07, 6.45) is -0.765. The van der Waals surface area contributed by atoms with Crippen molar-refractivity contribution in [1.82, 2.24) is 5.32 Å². The van der Waals surface area contributed by atoms with Crippen molar-refractivity contribution in [3.63, 3.8) is 0 Å². The molecule has 0 bridgehead atoms. The SMILES string of the molecule is CN1O[C@@H]2N[C@H](C(=O)O)C[C@]2(O)c2cccc(Cl)c21. The molecule has 1 saturated heterocycles. The van der Waals surface area contributed by atoms with Gasteiger partial charge in [0.2, 0.25) is 0 Å². The number of carbonyl (C=O) groups is 1. The normalized spacial score (nSPS) is 32.9. The highest BCUT2D eigenvalue weighted by molar-refractivity contribution is 6.33. The Hall–Kier alpha value is -1.34. The Kier molecular flexibility index (Phi) is 2.72. The molecule has 19 heavy (non-hydrogen) atoms. The number of hydrogen-bond acceptors (Lipinski definition) is 5. The van der Waals surface area contributed by atoms with Gasteiger partial charge in [-0.3, -0.25) is 20.0 Å². The van der Waals surface area contributed by atoms with Gasteiger partial charge in [0.25, 0.3) is 0 Å². The molecule has 102 valence electrons. The minimum Gasteiger partial charge on any atom is -0.480 e. The first kappa shape index (κ1) is 12.7. The van der Waals surface area contributed by atoms with E-state index in [0.29, 0.717) is 16.3 Å². The number of para-hydroxylation sites is 1. The van der Waals surface area contributed by atoms with Gasteiger partial charge in [-0.05, 0) is 6.07 Å². The lowest BCUT2D eigenvalue weighted by Crippen LogP contribution is -2.51. The smallest absolute Gasteiger partial charge is 0.320 e. The third-order valence-corrected chi connectivity index (χ3v) is 3.94. The Bertz CT molecular complexity index is 553. The van der Waals surface area contributed by atoms with E-state index >= 15 is 0 Å². The van der Waals surface area contributed by atoms with E-state index < -0.39 is 23.8 Å². The fraction of sp³-hybridized carbons (Fsp3) is 0.417. The molecule has 3 atom stereocenters. The zero-order valence-corrected chi connectivity index (χ0v) is 10.9. The average Bonchev–Trinajstić information content (AvgIpc) is 2.68. The Morgan fingerprint density at radius 1 is 1.63 bits per heavy atom. The topological polar surface area (TPSA) is 82.0 Å². The van der Waals surface area contributed by atoms with E-state index in [0.717, 1.165) is 0 Å². The molecule has 0 aliphatic carbocycles. The molecular formula is C12H13ClN2O4. The van der Waals surface area contributed by atoms with Crippen molar-refractivity contribution in [3.8, 4) is 0 Å². The van der Waals surface area contributed by atoms with Crippen molar-refractivity contribution < 1.29 is 19.8 Å². The lowest BCUT2D eigenvalue weighted by atomic mass is 9.87. The van der Waals surface area contributed by atoms with Crippen LogP contribution >= 0.6 is 11.6 Å². The molecule has 0 aromatic heterocycles. The second-order valence-electron chi connectivity index (χ2n) is 4.80. The summed E-state index contributed by atoms with van der Waals surface area (Å²) in [4.78, 5) is 16.6. The Balaban J connectivity index is 2.11. The summed E-state index contributed by atoms with van der Waals surface area (Å²) in [5, 5.41) is 24.5. The number of fused-ring (bicyclic) bond motifs is 3. The fourth-order valence-electron chi connectivity index (χ4n) is 2.72. The maximum absolute atomic E-state index is 11.1. The second kappa shape index (κ2) is 4.08. The first-order valence-corrected chi connectivity index (χ1v) is 6.22. The lowest BCUT2D eigenvalue weighted by Gasteiger charge is -2.40. The van der Waals surface area contributed by atoms with Crippen molar-refractivity contribution in [1.29, 1.82) is 0 Å². The first-order valence-electron chi connectivity index (χ1n) is 5.84. The minimum atomic E-state index is -1.39. The molecule has 2 aliphatic rings. The molecule has 0 radical (unpaired) electrons. The molecule has 0 amide bonds. The predicted octanol–water partition coefficient (Wildman–Crippen LogP) is 0.682. The third-order valence-electron chi connectivity index (χ3n) is 3.63. The van der Waals surface area contributed by atoms with E-state index in [-0.39, 0.29) is 6.42 Å².